The summed E-state index contributed by atoms with van der Waals surface area (Å²) in [5.74, 6) is 1.66. The Morgan fingerprint density at radius 2 is 1.40 bits per heavy atom. The predicted molar refractivity (Wildman–Crippen MR) is 63.1 cm³/mol. The number of hydrogen-bond donors (Lipinski definition) is 0. The lowest BCUT2D eigenvalue weighted by Crippen LogP contribution is -2.21. The molecule has 1 aromatic rings. The highest BCUT2D eigenvalue weighted by Crippen LogP contribution is 2.28. The summed E-state index contributed by atoms with van der Waals surface area (Å²) in [7, 11) is 3.33. The third-order valence-corrected chi connectivity index (χ3v) is 2.46. The van der Waals surface area contributed by atoms with Crippen molar-refractivity contribution in [2.45, 2.75) is 13.8 Å². The first-order valence-electron chi connectivity index (χ1n) is 5.23. The molecule has 0 spiro atoms. The van der Waals surface area contributed by atoms with Crippen LogP contribution in [0.25, 0.3) is 0 Å². The zero-order valence-electron chi connectivity index (χ0n) is 9.91. The zero-order valence-corrected chi connectivity index (χ0v) is 9.91. The van der Waals surface area contributed by atoms with Gasteiger partial charge in [-0.2, -0.15) is 0 Å². The largest absolute Gasteiger partial charge is 0.497 e. The standard InChI is InChI=1S/C12H19NO2/c1-5-13(6-2)10-7-11(14-3)9-12(8-10)15-4/h7-9H,5-6H2,1-4H3. The number of benzene rings is 1. The molecule has 0 saturated carbocycles. The van der Waals surface area contributed by atoms with Crippen LogP contribution in [-0.4, -0.2) is 27.3 Å². The second kappa shape index (κ2) is 5.49. The first-order valence-corrected chi connectivity index (χ1v) is 5.23. The number of nitrogens with zero attached hydrogens (tertiary/aromatic N) is 1. The molecule has 3 heteroatoms. The Hall–Kier alpha value is -1.38. The van der Waals surface area contributed by atoms with E-state index in [9.17, 15) is 0 Å². The molecule has 1 aromatic carbocycles. The third kappa shape index (κ3) is 2.78. The van der Waals surface area contributed by atoms with Crippen molar-refractivity contribution >= 4 is 5.69 Å². The second-order valence-electron chi connectivity index (χ2n) is 3.24. The van der Waals surface area contributed by atoms with Gasteiger partial charge in [0.05, 0.1) is 14.2 Å². The summed E-state index contributed by atoms with van der Waals surface area (Å²) in [6.07, 6.45) is 0. The van der Waals surface area contributed by atoms with Crippen LogP contribution in [0, 0.1) is 0 Å². The molecule has 15 heavy (non-hydrogen) atoms. The number of methoxy groups -OCH3 is 2. The molecule has 0 aliphatic rings. The first-order chi connectivity index (χ1) is 7.24. The van der Waals surface area contributed by atoms with E-state index in [0.717, 1.165) is 30.3 Å². The Morgan fingerprint density at radius 3 is 1.73 bits per heavy atom. The van der Waals surface area contributed by atoms with Crippen molar-refractivity contribution < 1.29 is 9.47 Å². The van der Waals surface area contributed by atoms with Gasteiger partial charge in [0, 0.05) is 37.0 Å². The van der Waals surface area contributed by atoms with Crippen LogP contribution in [0.15, 0.2) is 18.2 Å². The van der Waals surface area contributed by atoms with Crippen LogP contribution in [0.3, 0.4) is 0 Å². The monoisotopic (exact) mass is 209 g/mol. The summed E-state index contributed by atoms with van der Waals surface area (Å²) in [4.78, 5) is 2.26. The van der Waals surface area contributed by atoms with Gasteiger partial charge in [-0.05, 0) is 13.8 Å². The minimum Gasteiger partial charge on any atom is -0.497 e. The van der Waals surface area contributed by atoms with Crippen LogP contribution in [0.1, 0.15) is 13.8 Å². The van der Waals surface area contributed by atoms with E-state index in [2.05, 4.69) is 18.7 Å². The summed E-state index contributed by atoms with van der Waals surface area (Å²) >= 11 is 0. The number of rotatable bonds is 5. The Morgan fingerprint density at radius 1 is 0.933 bits per heavy atom. The molecule has 84 valence electrons. The van der Waals surface area contributed by atoms with Crippen LogP contribution in [0.2, 0.25) is 0 Å². The average Bonchev–Trinajstić information content (AvgIpc) is 2.30. The molecule has 0 bridgehead atoms. The van der Waals surface area contributed by atoms with E-state index < -0.39 is 0 Å². The molecule has 0 atom stereocenters. The maximum atomic E-state index is 5.23. The second-order valence-corrected chi connectivity index (χ2v) is 3.24. The normalized spacial score (nSPS) is 9.87. The van der Waals surface area contributed by atoms with Crippen molar-refractivity contribution in [1.29, 1.82) is 0 Å². The minimum absolute atomic E-state index is 0.830. The average molecular weight is 209 g/mol. The fraction of sp³-hybridized carbons (Fsp3) is 0.500. The molecule has 0 aromatic heterocycles. The van der Waals surface area contributed by atoms with Crippen molar-refractivity contribution in [3.05, 3.63) is 18.2 Å². The quantitative estimate of drug-likeness (QED) is 0.744. The molecular weight excluding hydrogens is 190 g/mol. The highest BCUT2D eigenvalue weighted by Gasteiger charge is 2.06. The predicted octanol–water partition coefficient (Wildman–Crippen LogP) is 2.55. The molecule has 0 unspecified atom stereocenters. The highest BCUT2D eigenvalue weighted by atomic mass is 16.5. The maximum absolute atomic E-state index is 5.23. The summed E-state index contributed by atoms with van der Waals surface area (Å²) < 4.78 is 10.5. The SMILES string of the molecule is CCN(CC)c1cc(OC)cc(OC)c1. The van der Waals surface area contributed by atoms with Gasteiger partial charge in [-0.3, -0.25) is 0 Å². The van der Waals surface area contributed by atoms with Crippen LogP contribution in [0.4, 0.5) is 5.69 Å². The molecule has 0 radical (unpaired) electrons. The van der Waals surface area contributed by atoms with Gasteiger partial charge in [-0.1, -0.05) is 0 Å². The van der Waals surface area contributed by atoms with E-state index in [-0.39, 0.29) is 0 Å². The maximum Gasteiger partial charge on any atom is 0.124 e. The molecule has 0 fully saturated rings. The molecule has 0 amide bonds. The lowest BCUT2D eigenvalue weighted by Gasteiger charge is -2.22. The van der Waals surface area contributed by atoms with Crippen LogP contribution in [-0.2, 0) is 0 Å². The molecule has 3 nitrogen and oxygen atoms in total. The Balaban J connectivity index is 3.05. The fourth-order valence-corrected chi connectivity index (χ4v) is 1.56. The highest BCUT2D eigenvalue weighted by molar-refractivity contribution is 5.55. The van der Waals surface area contributed by atoms with Crippen molar-refractivity contribution in [3.63, 3.8) is 0 Å². The van der Waals surface area contributed by atoms with Crippen LogP contribution in [0.5, 0.6) is 11.5 Å². The topological polar surface area (TPSA) is 21.7 Å². The minimum atomic E-state index is 0.830. The van der Waals surface area contributed by atoms with Crippen LogP contribution < -0.4 is 14.4 Å². The first kappa shape index (κ1) is 11.7. The summed E-state index contributed by atoms with van der Waals surface area (Å²) in [6, 6.07) is 5.93. The van der Waals surface area contributed by atoms with Gasteiger partial charge in [0.25, 0.3) is 0 Å². The van der Waals surface area contributed by atoms with Crippen molar-refractivity contribution in [2.75, 3.05) is 32.2 Å². The van der Waals surface area contributed by atoms with Gasteiger partial charge in [-0.25, -0.2) is 0 Å². The number of ether oxygens (including phenoxy) is 2. The van der Waals surface area contributed by atoms with E-state index in [4.69, 9.17) is 9.47 Å². The summed E-state index contributed by atoms with van der Waals surface area (Å²) in [5.41, 5.74) is 1.14. The number of anilines is 1. The molecule has 0 saturated heterocycles. The van der Waals surface area contributed by atoms with Gasteiger partial charge in [-0.15, -0.1) is 0 Å². The molecule has 0 aliphatic carbocycles. The van der Waals surface area contributed by atoms with Crippen molar-refractivity contribution in [2.24, 2.45) is 0 Å². The molecule has 0 heterocycles. The Kier molecular flexibility index (Phi) is 4.28. The number of hydrogen-bond acceptors (Lipinski definition) is 3. The smallest absolute Gasteiger partial charge is 0.124 e. The third-order valence-electron chi connectivity index (χ3n) is 2.46. The summed E-state index contributed by atoms with van der Waals surface area (Å²) in [6.45, 7) is 6.23. The van der Waals surface area contributed by atoms with Gasteiger partial charge in [0.2, 0.25) is 0 Å². The van der Waals surface area contributed by atoms with Crippen LogP contribution >= 0.6 is 0 Å². The molecule has 1 rings (SSSR count). The fourth-order valence-electron chi connectivity index (χ4n) is 1.56. The Labute approximate surface area is 91.6 Å². The lowest BCUT2D eigenvalue weighted by molar-refractivity contribution is 0.394. The zero-order chi connectivity index (χ0) is 11.3. The van der Waals surface area contributed by atoms with E-state index in [1.54, 1.807) is 14.2 Å². The van der Waals surface area contributed by atoms with E-state index in [0.29, 0.717) is 0 Å². The Bertz CT molecular complexity index is 286. The van der Waals surface area contributed by atoms with Crippen molar-refractivity contribution in [1.82, 2.24) is 0 Å². The van der Waals surface area contributed by atoms with Gasteiger partial charge >= 0.3 is 0 Å². The summed E-state index contributed by atoms with van der Waals surface area (Å²) in [5, 5.41) is 0. The lowest BCUT2D eigenvalue weighted by atomic mass is 10.2. The van der Waals surface area contributed by atoms with Crippen molar-refractivity contribution in [3.8, 4) is 11.5 Å². The molecular formula is C12H19NO2. The molecule has 0 N–H and O–H groups in total. The van der Waals surface area contributed by atoms with E-state index in [1.807, 2.05) is 18.2 Å². The van der Waals surface area contributed by atoms with E-state index >= 15 is 0 Å². The van der Waals surface area contributed by atoms with Gasteiger partial charge < -0.3 is 14.4 Å². The van der Waals surface area contributed by atoms with Gasteiger partial charge in [0.15, 0.2) is 0 Å². The van der Waals surface area contributed by atoms with Gasteiger partial charge in [0.1, 0.15) is 11.5 Å². The van der Waals surface area contributed by atoms with E-state index in [1.165, 1.54) is 0 Å². The molecule has 0 aliphatic heterocycles.